The van der Waals surface area contributed by atoms with Crippen LogP contribution in [0.5, 0.6) is 0 Å². The van der Waals surface area contributed by atoms with Crippen molar-refractivity contribution in [2.75, 3.05) is 12.9 Å². The van der Waals surface area contributed by atoms with E-state index in [-0.39, 0.29) is 12.0 Å². The normalized spacial score (nSPS) is 18.6. The van der Waals surface area contributed by atoms with Gasteiger partial charge in [-0.2, -0.15) is 14.0 Å². The minimum Gasteiger partial charge on any atom is -0.494 e. The van der Waals surface area contributed by atoms with Crippen LogP contribution in [0.3, 0.4) is 0 Å². The zero-order valence-corrected chi connectivity index (χ0v) is 21.1. The third kappa shape index (κ3) is 5.49. The van der Waals surface area contributed by atoms with Crippen LogP contribution >= 0.6 is 11.5 Å². The SMILES string of the molecule is COC(=O)CS(=O)(=O)N=C1CCc2c1cccc2-c1nsc(C2=CC=C(OC(C)C)C(C#N)C2)n1. The van der Waals surface area contributed by atoms with E-state index in [0.717, 1.165) is 28.8 Å². The summed E-state index contributed by atoms with van der Waals surface area (Å²) in [5, 5.41) is 10.3. The molecule has 0 N–H and O–H groups in total. The smallest absolute Gasteiger partial charge is 0.322 e. The van der Waals surface area contributed by atoms with Gasteiger partial charge in [0.05, 0.1) is 25.0 Å². The summed E-state index contributed by atoms with van der Waals surface area (Å²) < 4.78 is 43.2. The topological polar surface area (TPSA) is 132 Å². The van der Waals surface area contributed by atoms with Crippen molar-refractivity contribution in [3.63, 3.8) is 0 Å². The second-order valence-corrected chi connectivity index (χ2v) is 10.8. The number of rotatable bonds is 7. The fourth-order valence-corrected chi connectivity index (χ4v) is 5.74. The lowest BCUT2D eigenvalue weighted by Crippen LogP contribution is -2.16. The van der Waals surface area contributed by atoms with Crippen molar-refractivity contribution in [1.29, 1.82) is 5.26 Å². The molecule has 2 aromatic rings. The molecule has 1 aromatic carbocycles. The molecule has 11 heteroatoms. The molecule has 0 bridgehead atoms. The summed E-state index contributed by atoms with van der Waals surface area (Å²) in [5.41, 5.74) is 3.78. The van der Waals surface area contributed by atoms with Gasteiger partial charge in [-0.3, -0.25) is 4.79 Å². The minimum absolute atomic E-state index is 0.00996. The first-order chi connectivity index (χ1) is 16.7. The Balaban J connectivity index is 1.62. The number of aromatic nitrogens is 2. The number of hydrogen-bond donors (Lipinski definition) is 0. The molecule has 35 heavy (non-hydrogen) atoms. The molecule has 182 valence electrons. The molecular weight excluding hydrogens is 488 g/mol. The zero-order chi connectivity index (χ0) is 25.2. The fraction of sp³-hybridized carbons (Fsp3) is 0.375. The van der Waals surface area contributed by atoms with Gasteiger partial charge in [-0.15, -0.1) is 0 Å². The number of benzene rings is 1. The molecule has 2 aliphatic carbocycles. The summed E-state index contributed by atoms with van der Waals surface area (Å²) in [4.78, 5) is 16.1. The molecule has 0 saturated carbocycles. The molecule has 0 saturated heterocycles. The highest BCUT2D eigenvalue weighted by atomic mass is 32.2. The van der Waals surface area contributed by atoms with E-state index in [9.17, 15) is 18.5 Å². The number of methoxy groups -OCH3 is 1. The van der Waals surface area contributed by atoms with E-state index in [2.05, 4.69) is 19.6 Å². The number of fused-ring (bicyclic) bond motifs is 1. The van der Waals surface area contributed by atoms with Gasteiger partial charge in [-0.05, 0) is 61.9 Å². The van der Waals surface area contributed by atoms with Crippen molar-refractivity contribution in [3.8, 4) is 17.5 Å². The standard InChI is InChI=1S/C24H24N4O5S2/c1-14(2)33-21-10-7-15(11-16(21)12-25)24-26-23(27-34-24)19-6-4-5-18-17(19)8-9-20(18)28-35(30,31)13-22(29)32-3/h4-7,10,14,16H,8-9,11,13H2,1-3H3. The highest BCUT2D eigenvalue weighted by molar-refractivity contribution is 7.91. The number of allylic oxidation sites excluding steroid dienone is 4. The van der Waals surface area contributed by atoms with Crippen molar-refractivity contribution in [1.82, 2.24) is 9.36 Å². The van der Waals surface area contributed by atoms with E-state index < -0.39 is 21.7 Å². The molecule has 1 unspecified atom stereocenters. The largest absolute Gasteiger partial charge is 0.494 e. The Morgan fingerprint density at radius 2 is 2.06 bits per heavy atom. The second kappa shape index (κ2) is 10.1. The first kappa shape index (κ1) is 24.8. The maximum absolute atomic E-state index is 12.3. The molecule has 0 radical (unpaired) electrons. The Kier molecular flexibility index (Phi) is 7.14. The highest BCUT2D eigenvalue weighted by Crippen LogP contribution is 2.36. The number of esters is 1. The second-order valence-electron chi connectivity index (χ2n) is 8.41. The number of nitriles is 1. The van der Waals surface area contributed by atoms with Gasteiger partial charge < -0.3 is 9.47 Å². The molecule has 4 rings (SSSR count). The lowest BCUT2D eigenvalue weighted by Gasteiger charge is -2.21. The van der Waals surface area contributed by atoms with Crippen molar-refractivity contribution >= 4 is 38.8 Å². The van der Waals surface area contributed by atoms with Crippen LogP contribution in [0.25, 0.3) is 17.0 Å². The third-order valence-corrected chi connectivity index (χ3v) is 7.45. The van der Waals surface area contributed by atoms with E-state index in [1.54, 1.807) is 0 Å². The molecule has 1 atom stereocenters. The van der Waals surface area contributed by atoms with Crippen LogP contribution in [0.4, 0.5) is 0 Å². The molecule has 1 heterocycles. The third-order valence-electron chi connectivity index (χ3n) is 5.56. The van der Waals surface area contributed by atoms with Crippen molar-refractivity contribution < 1.29 is 22.7 Å². The Morgan fingerprint density at radius 1 is 1.29 bits per heavy atom. The average molecular weight is 513 g/mol. The van der Waals surface area contributed by atoms with Crippen LogP contribution in [0.1, 0.15) is 42.8 Å². The highest BCUT2D eigenvalue weighted by Gasteiger charge is 2.27. The number of ether oxygens (including phenoxy) is 2. The summed E-state index contributed by atoms with van der Waals surface area (Å²) in [7, 11) is -2.86. The van der Waals surface area contributed by atoms with Gasteiger partial charge in [0.15, 0.2) is 11.6 Å². The van der Waals surface area contributed by atoms with Crippen LogP contribution in [-0.4, -0.2) is 48.4 Å². The van der Waals surface area contributed by atoms with Crippen LogP contribution in [0, 0.1) is 17.2 Å². The number of nitrogens with zero attached hydrogens (tertiary/aromatic N) is 4. The fourth-order valence-electron chi connectivity index (χ4n) is 4.03. The van der Waals surface area contributed by atoms with Gasteiger partial charge >= 0.3 is 5.97 Å². The van der Waals surface area contributed by atoms with Crippen LogP contribution < -0.4 is 0 Å². The number of hydrogen-bond acceptors (Lipinski definition) is 9. The lowest BCUT2D eigenvalue weighted by atomic mass is 9.93. The molecule has 0 aliphatic heterocycles. The van der Waals surface area contributed by atoms with Crippen molar-refractivity contribution in [2.24, 2.45) is 10.3 Å². The van der Waals surface area contributed by atoms with E-state index in [1.807, 2.05) is 44.2 Å². The first-order valence-electron chi connectivity index (χ1n) is 11.0. The quantitative estimate of drug-likeness (QED) is 0.513. The van der Waals surface area contributed by atoms with Crippen LogP contribution in [-0.2, 0) is 30.7 Å². The van der Waals surface area contributed by atoms with Crippen molar-refractivity contribution in [3.05, 3.63) is 52.2 Å². The van der Waals surface area contributed by atoms with E-state index >= 15 is 0 Å². The Hall–Kier alpha value is -3.36. The molecule has 2 aliphatic rings. The molecule has 0 spiro atoms. The predicted octanol–water partition coefficient (Wildman–Crippen LogP) is 3.68. The van der Waals surface area contributed by atoms with Gasteiger partial charge in [-0.1, -0.05) is 24.3 Å². The number of carbonyl (C=O) groups excluding carboxylic acids is 1. The first-order valence-corrected chi connectivity index (χ1v) is 13.4. The summed E-state index contributed by atoms with van der Waals surface area (Å²) in [5.74, 6) is -0.824. The maximum Gasteiger partial charge on any atom is 0.322 e. The minimum atomic E-state index is -3.99. The van der Waals surface area contributed by atoms with E-state index in [0.29, 0.717) is 42.1 Å². The van der Waals surface area contributed by atoms with Gasteiger partial charge in [0, 0.05) is 11.1 Å². The zero-order valence-electron chi connectivity index (χ0n) is 19.5. The van der Waals surface area contributed by atoms with Crippen LogP contribution in [0.15, 0.2) is 40.5 Å². The van der Waals surface area contributed by atoms with Gasteiger partial charge in [0.25, 0.3) is 10.0 Å². The monoisotopic (exact) mass is 512 g/mol. The van der Waals surface area contributed by atoms with Crippen LogP contribution in [0.2, 0.25) is 0 Å². The average Bonchev–Trinajstić information content (AvgIpc) is 3.46. The summed E-state index contributed by atoms with van der Waals surface area (Å²) in [6.45, 7) is 3.85. The Morgan fingerprint density at radius 3 is 2.77 bits per heavy atom. The molecule has 0 amide bonds. The van der Waals surface area contributed by atoms with E-state index in [4.69, 9.17) is 9.72 Å². The number of carbonyl (C=O) groups is 1. The lowest BCUT2D eigenvalue weighted by molar-refractivity contribution is -0.137. The molecular formula is C24H24N4O5S2. The van der Waals surface area contributed by atoms with Gasteiger partial charge in [0.2, 0.25) is 0 Å². The number of sulfonamides is 1. The molecule has 0 fully saturated rings. The van der Waals surface area contributed by atoms with Crippen molar-refractivity contribution in [2.45, 2.75) is 39.2 Å². The van der Waals surface area contributed by atoms with E-state index in [1.165, 1.54) is 11.5 Å². The van der Waals surface area contributed by atoms with Gasteiger partial charge in [-0.25, -0.2) is 13.4 Å². The Bertz CT molecular complexity index is 1400. The Labute approximate surface area is 208 Å². The summed E-state index contributed by atoms with van der Waals surface area (Å²) in [6.07, 6.45) is 5.25. The molecule has 1 aromatic heterocycles. The summed E-state index contributed by atoms with van der Waals surface area (Å²) >= 11 is 1.26. The maximum atomic E-state index is 12.3. The van der Waals surface area contributed by atoms with Gasteiger partial charge in [0.1, 0.15) is 16.7 Å². The summed E-state index contributed by atoms with van der Waals surface area (Å²) in [6, 6.07) is 7.83. The molecule has 9 nitrogen and oxygen atoms in total. The predicted molar refractivity (Wildman–Crippen MR) is 132 cm³/mol.